The molecule has 11 nitrogen and oxygen atoms in total. The van der Waals surface area contributed by atoms with E-state index in [1.165, 1.54) is 16.9 Å². The fraction of sp³-hybridized carbons (Fsp3) is 0.333. The van der Waals surface area contributed by atoms with Crippen molar-refractivity contribution in [3.63, 3.8) is 0 Å². The Hall–Kier alpha value is -4.32. The van der Waals surface area contributed by atoms with E-state index in [0.29, 0.717) is 28.8 Å². The Labute approximate surface area is 229 Å². The first-order valence-corrected chi connectivity index (χ1v) is 13.5. The van der Waals surface area contributed by atoms with Crippen LogP contribution in [0, 0.1) is 13.8 Å². The molecule has 0 aliphatic rings. The van der Waals surface area contributed by atoms with Crippen molar-refractivity contribution >= 4 is 46.0 Å². The molecule has 0 bridgehead atoms. The Kier molecular flexibility index (Phi) is 9.21. The number of thiophene rings is 1. The van der Waals surface area contributed by atoms with Gasteiger partial charge < -0.3 is 20.7 Å². The standard InChI is InChI=1S/C27H31N7O4S/c1-4-38-26(37)21(15-29-24(35)22-11-7-13-39-22)33-25(36)23-16(2)31-27(32-17(23)3)28-12-6-9-18-8-5-10-20-19(18)14-30-34-20/h5,7-8,10-11,13-14,21H,4,6,9,12,15H2,1-3H3,(H,29,35)(H,30,34)(H,33,36)(H,28,31,32)/t21-/m0/s1. The molecule has 39 heavy (non-hydrogen) atoms. The van der Waals surface area contributed by atoms with Crippen molar-refractivity contribution in [3.05, 3.63) is 69.3 Å². The summed E-state index contributed by atoms with van der Waals surface area (Å²) in [6.07, 6.45) is 3.55. The lowest BCUT2D eigenvalue weighted by Crippen LogP contribution is -2.49. The van der Waals surface area contributed by atoms with E-state index in [0.717, 1.165) is 23.7 Å². The number of nitrogens with zero attached hydrogens (tertiary/aromatic N) is 3. The first-order chi connectivity index (χ1) is 18.9. The van der Waals surface area contributed by atoms with Crippen LogP contribution in [0.4, 0.5) is 5.95 Å². The molecule has 0 fully saturated rings. The maximum Gasteiger partial charge on any atom is 0.330 e. The first-order valence-electron chi connectivity index (χ1n) is 12.7. The maximum absolute atomic E-state index is 13.2. The van der Waals surface area contributed by atoms with Crippen LogP contribution in [-0.2, 0) is 16.0 Å². The monoisotopic (exact) mass is 549 g/mol. The summed E-state index contributed by atoms with van der Waals surface area (Å²) in [5.74, 6) is -1.07. The molecule has 2 amide bonds. The van der Waals surface area contributed by atoms with Crippen LogP contribution in [0.3, 0.4) is 0 Å². The zero-order chi connectivity index (χ0) is 27.8. The van der Waals surface area contributed by atoms with Crippen LogP contribution in [0.5, 0.6) is 0 Å². The number of carbonyl (C=O) groups excluding carboxylic acids is 3. The van der Waals surface area contributed by atoms with E-state index in [9.17, 15) is 14.4 Å². The molecule has 0 saturated heterocycles. The van der Waals surface area contributed by atoms with Gasteiger partial charge in [0.05, 0.1) is 40.1 Å². The lowest BCUT2D eigenvalue weighted by atomic mass is 10.1. The Balaban J connectivity index is 1.36. The van der Waals surface area contributed by atoms with Crippen molar-refractivity contribution in [1.29, 1.82) is 0 Å². The molecule has 0 aliphatic carbocycles. The number of H-pyrrole nitrogens is 1. The summed E-state index contributed by atoms with van der Waals surface area (Å²) in [5.41, 5.74) is 3.43. The van der Waals surface area contributed by atoms with Gasteiger partial charge in [0.1, 0.15) is 6.04 Å². The first kappa shape index (κ1) is 27.7. The largest absolute Gasteiger partial charge is 0.464 e. The smallest absolute Gasteiger partial charge is 0.330 e. The average molecular weight is 550 g/mol. The zero-order valence-electron chi connectivity index (χ0n) is 22.0. The van der Waals surface area contributed by atoms with Gasteiger partial charge in [0.2, 0.25) is 5.95 Å². The highest BCUT2D eigenvalue weighted by molar-refractivity contribution is 7.12. The van der Waals surface area contributed by atoms with Gasteiger partial charge in [0, 0.05) is 18.5 Å². The SMILES string of the molecule is CCOC(=O)[C@H](CNC(=O)c1cccs1)NC(=O)c1c(C)nc(NCCCc2cccc3[nH]ncc23)nc1C. The number of aromatic nitrogens is 4. The Morgan fingerprint density at radius 3 is 2.59 bits per heavy atom. The van der Waals surface area contributed by atoms with E-state index in [1.807, 2.05) is 18.3 Å². The highest BCUT2D eigenvalue weighted by Gasteiger charge is 2.26. The van der Waals surface area contributed by atoms with E-state index >= 15 is 0 Å². The van der Waals surface area contributed by atoms with Crippen LogP contribution >= 0.6 is 11.3 Å². The third kappa shape index (κ3) is 6.96. The predicted octanol–water partition coefficient (Wildman–Crippen LogP) is 3.17. The number of esters is 1. The average Bonchev–Trinajstić information content (AvgIpc) is 3.61. The number of amides is 2. The Morgan fingerprint density at radius 1 is 1.08 bits per heavy atom. The van der Waals surface area contributed by atoms with Crippen molar-refractivity contribution in [2.45, 2.75) is 39.7 Å². The topological polar surface area (TPSA) is 151 Å². The summed E-state index contributed by atoms with van der Waals surface area (Å²) >= 11 is 1.28. The molecule has 3 heterocycles. The molecule has 0 unspecified atom stereocenters. The fourth-order valence-corrected chi connectivity index (χ4v) is 4.85. The minimum Gasteiger partial charge on any atom is -0.464 e. The molecule has 1 aromatic carbocycles. The molecule has 0 aliphatic heterocycles. The van der Waals surface area contributed by atoms with E-state index in [2.05, 4.69) is 42.2 Å². The molecular formula is C27H31N7O4S. The number of hydrogen-bond acceptors (Lipinski definition) is 9. The number of ether oxygens (including phenoxy) is 1. The molecule has 1 atom stereocenters. The number of rotatable bonds is 12. The van der Waals surface area contributed by atoms with Crippen LogP contribution in [0.15, 0.2) is 41.9 Å². The molecule has 0 radical (unpaired) electrons. The van der Waals surface area contributed by atoms with Gasteiger partial charge >= 0.3 is 5.97 Å². The van der Waals surface area contributed by atoms with Crippen molar-refractivity contribution < 1.29 is 19.1 Å². The number of benzene rings is 1. The van der Waals surface area contributed by atoms with Crippen LogP contribution < -0.4 is 16.0 Å². The molecular weight excluding hydrogens is 518 g/mol. The van der Waals surface area contributed by atoms with Crippen molar-refractivity contribution in [3.8, 4) is 0 Å². The van der Waals surface area contributed by atoms with Crippen LogP contribution in [0.1, 0.15) is 50.3 Å². The maximum atomic E-state index is 13.2. The van der Waals surface area contributed by atoms with Gasteiger partial charge in [-0.05, 0) is 56.7 Å². The Morgan fingerprint density at radius 2 is 1.87 bits per heavy atom. The quantitative estimate of drug-likeness (QED) is 0.155. The highest BCUT2D eigenvalue weighted by Crippen LogP contribution is 2.18. The minimum absolute atomic E-state index is 0.119. The van der Waals surface area contributed by atoms with Gasteiger partial charge in [-0.2, -0.15) is 5.10 Å². The number of anilines is 1. The van der Waals surface area contributed by atoms with Crippen molar-refractivity contribution in [2.24, 2.45) is 0 Å². The number of aromatic amines is 1. The predicted molar refractivity (Wildman–Crippen MR) is 149 cm³/mol. The summed E-state index contributed by atoms with van der Waals surface area (Å²) in [4.78, 5) is 47.4. The summed E-state index contributed by atoms with van der Waals surface area (Å²) < 4.78 is 5.10. The lowest BCUT2D eigenvalue weighted by Gasteiger charge is -2.19. The second kappa shape index (κ2) is 13.0. The van der Waals surface area contributed by atoms with E-state index in [1.54, 1.807) is 38.3 Å². The molecule has 0 spiro atoms. The summed E-state index contributed by atoms with van der Waals surface area (Å²) in [6.45, 7) is 5.77. The van der Waals surface area contributed by atoms with Gasteiger partial charge in [0.15, 0.2) is 0 Å². The molecule has 4 aromatic rings. The molecule has 204 valence electrons. The number of nitrogens with one attached hydrogen (secondary N) is 4. The van der Waals surface area contributed by atoms with Gasteiger partial charge in [-0.25, -0.2) is 14.8 Å². The number of hydrogen-bond donors (Lipinski definition) is 4. The van der Waals surface area contributed by atoms with Crippen LogP contribution in [-0.4, -0.2) is 63.7 Å². The summed E-state index contributed by atoms with van der Waals surface area (Å²) in [6, 6.07) is 8.46. The zero-order valence-corrected chi connectivity index (χ0v) is 22.9. The second-order valence-electron chi connectivity index (χ2n) is 8.84. The Bertz CT molecular complexity index is 1430. The molecule has 4 rings (SSSR count). The lowest BCUT2D eigenvalue weighted by molar-refractivity contribution is -0.145. The third-order valence-electron chi connectivity index (χ3n) is 6.07. The van der Waals surface area contributed by atoms with Gasteiger partial charge in [-0.15, -0.1) is 11.3 Å². The number of fused-ring (bicyclic) bond motifs is 1. The highest BCUT2D eigenvalue weighted by atomic mass is 32.1. The van der Waals surface area contributed by atoms with E-state index < -0.39 is 17.9 Å². The van der Waals surface area contributed by atoms with Gasteiger partial charge in [-0.3, -0.25) is 14.7 Å². The van der Waals surface area contributed by atoms with Crippen LogP contribution in [0.2, 0.25) is 0 Å². The summed E-state index contributed by atoms with van der Waals surface area (Å²) in [7, 11) is 0. The van der Waals surface area contributed by atoms with Crippen molar-refractivity contribution in [2.75, 3.05) is 25.0 Å². The van der Waals surface area contributed by atoms with Crippen molar-refractivity contribution in [1.82, 2.24) is 30.8 Å². The van der Waals surface area contributed by atoms with Gasteiger partial charge in [-0.1, -0.05) is 18.2 Å². The third-order valence-corrected chi connectivity index (χ3v) is 6.94. The molecule has 4 N–H and O–H groups in total. The van der Waals surface area contributed by atoms with E-state index in [-0.39, 0.29) is 24.6 Å². The fourth-order valence-electron chi connectivity index (χ4n) is 4.21. The van der Waals surface area contributed by atoms with Crippen LogP contribution in [0.25, 0.3) is 10.9 Å². The molecule has 0 saturated carbocycles. The molecule has 3 aromatic heterocycles. The normalized spacial score (nSPS) is 11.7. The van der Waals surface area contributed by atoms with Gasteiger partial charge in [0.25, 0.3) is 11.8 Å². The second-order valence-corrected chi connectivity index (χ2v) is 9.78. The number of carbonyl (C=O) groups is 3. The molecule has 12 heteroatoms. The minimum atomic E-state index is -1.07. The number of aryl methyl sites for hydroxylation is 3. The summed E-state index contributed by atoms with van der Waals surface area (Å²) in [5, 5.41) is 18.6. The van der Waals surface area contributed by atoms with E-state index in [4.69, 9.17) is 4.74 Å².